The smallest absolute Gasteiger partial charge is 0.198 e. The van der Waals surface area contributed by atoms with E-state index >= 15 is 0 Å². The van der Waals surface area contributed by atoms with E-state index in [1.807, 2.05) is 49.4 Å². The fourth-order valence-corrected chi connectivity index (χ4v) is 4.97. The molecular formula is C21H18O2S2. The number of hydrogen-bond acceptors (Lipinski definition) is 4. The quantitative estimate of drug-likeness (QED) is 0.317. The minimum atomic E-state index is -0.230. The zero-order chi connectivity index (χ0) is 17.6. The van der Waals surface area contributed by atoms with Gasteiger partial charge in [-0.05, 0) is 18.6 Å². The lowest BCUT2D eigenvalue weighted by Gasteiger charge is -2.07. The molecule has 4 heteroatoms. The number of thioether (sulfide) groups is 2. The number of aryl methyl sites for hydroxylation is 1. The number of carbonyl (C=O) groups is 2. The summed E-state index contributed by atoms with van der Waals surface area (Å²) in [5, 5.41) is 0. The van der Waals surface area contributed by atoms with Gasteiger partial charge >= 0.3 is 0 Å². The Balaban J connectivity index is 1.90. The molecule has 0 bridgehead atoms. The molecule has 0 atom stereocenters. The zero-order valence-corrected chi connectivity index (χ0v) is 15.5. The van der Waals surface area contributed by atoms with Crippen LogP contribution in [0, 0.1) is 6.92 Å². The van der Waals surface area contributed by atoms with Crippen LogP contribution >= 0.6 is 23.5 Å². The van der Waals surface area contributed by atoms with Crippen LogP contribution in [0.4, 0.5) is 0 Å². The van der Waals surface area contributed by atoms with Crippen LogP contribution in [0.25, 0.3) is 6.08 Å². The van der Waals surface area contributed by atoms with Crippen molar-refractivity contribution in [3.63, 3.8) is 0 Å². The predicted octanol–water partition coefficient (Wildman–Crippen LogP) is 5.15. The van der Waals surface area contributed by atoms with E-state index in [1.165, 1.54) is 11.6 Å². The molecule has 0 radical (unpaired) electrons. The lowest BCUT2D eigenvalue weighted by molar-refractivity contribution is -0.111. The van der Waals surface area contributed by atoms with E-state index < -0.39 is 0 Å². The van der Waals surface area contributed by atoms with Crippen molar-refractivity contribution >= 4 is 41.2 Å². The van der Waals surface area contributed by atoms with Crippen molar-refractivity contribution in [2.24, 2.45) is 0 Å². The van der Waals surface area contributed by atoms with Crippen LogP contribution in [0.2, 0.25) is 0 Å². The van der Waals surface area contributed by atoms with E-state index in [4.69, 9.17) is 0 Å². The SMILES string of the molecule is Cc1ccc(C=CC(=O)C(C(=O)c2ccccc2)=C2SCCS2)cc1. The maximum atomic E-state index is 12.9. The topological polar surface area (TPSA) is 34.1 Å². The first-order valence-corrected chi connectivity index (χ1v) is 10.0. The fourth-order valence-electron chi connectivity index (χ4n) is 2.43. The van der Waals surface area contributed by atoms with Crippen molar-refractivity contribution in [1.29, 1.82) is 0 Å². The molecule has 25 heavy (non-hydrogen) atoms. The first-order valence-electron chi connectivity index (χ1n) is 8.04. The molecule has 0 aromatic heterocycles. The first kappa shape index (κ1) is 17.8. The van der Waals surface area contributed by atoms with Crippen LogP contribution in [-0.2, 0) is 4.79 Å². The molecule has 2 aromatic carbocycles. The van der Waals surface area contributed by atoms with Gasteiger partial charge in [0.15, 0.2) is 11.6 Å². The van der Waals surface area contributed by atoms with E-state index in [0.717, 1.165) is 21.3 Å². The summed E-state index contributed by atoms with van der Waals surface area (Å²) in [5.41, 5.74) is 2.96. The van der Waals surface area contributed by atoms with E-state index in [1.54, 1.807) is 41.7 Å². The predicted molar refractivity (Wildman–Crippen MR) is 108 cm³/mol. The van der Waals surface area contributed by atoms with Crippen LogP contribution < -0.4 is 0 Å². The molecule has 1 aliphatic rings. The Kier molecular flexibility index (Phi) is 5.95. The van der Waals surface area contributed by atoms with Crippen LogP contribution in [0.3, 0.4) is 0 Å². The van der Waals surface area contributed by atoms with Crippen LogP contribution in [0.5, 0.6) is 0 Å². The number of hydrogen-bond donors (Lipinski definition) is 0. The van der Waals surface area contributed by atoms with Crippen molar-refractivity contribution in [3.8, 4) is 0 Å². The van der Waals surface area contributed by atoms with Crippen molar-refractivity contribution in [2.45, 2.75) is 6.92 Å². The van der Waals surface area contributed by atoms with Gasteiger partial charge in [0.2, 0.25) is 0 Å². The summed E-state index contributed by atoms with van der Waals surface area (Å²) in [6, 6.07) is 16.9. The lowest BCUT2D eigenvalue weighted by Crippen LogP contribution is -2.12. The molecule has 3 rings (SSSR count). The summed E-state index contributed by atoms with van der Waals surface area (Å²) in [5.74, 6) is 1.43. The number of Topliss-reactive ketones (excluding diaryl/α,β-unsaturated/α-hetero) is 1. The third kappa shape index (κ3) is 4.53. The molecule has 0 amide bonds. The van der Waals surface area contributed by atoms with Crippen molar-refractivity contribution < 1.29 is 9.59 Å². The van der Waals surface area contributed by atoms with Gasteiger partial charge in [-0.3, -0.25) is 9.59 Å². The van der Waals surface area contributed by atoms with E-state index in [-0.39, 0.29) is 11.6 Å². The summed E-state index contributed by atoms with van der Waals surface area (Å²) < 4.78 is 0.840. The average Bonchev–Trinajstić information content (AvgIpc) is 3.16. The molecule has 0 unspecified atom stereocenters. The molecule has 2 nitrogen and oxygen atoms in total. The highest BCUT2D eigenvalue weighted by atomic mass is 32.2. The van der Waals surface area contributed by atoms with Gasteiger partial charge in [-0.15, -0.1) is 23.5 Å². The van der Waals surface area contributed by atoms with E-state index in [2.05, 4.69) is 0 Å². The standard InChI is InChI=1S/C21H18O2S2/c1-15-7-9-16(10-8-15)11-12-18(22)19(21-24-13-14-25-21)20(23)17-5-3-2-4-6-17/h2-12H,13-14H2,1H3. The minimum absolute atomic E-state index is 0.198. The Morgan fingerprint density at radius 2 is 1.56 bits per heavy atom. The summed E-state index contributed by atoms with van der Waals surface area (Å²) in [7, 11) is 0. The molecule has 1 saturated heterocycles. The van der Waals surface area contributed by atoms with Gasteiger partial charge in [0, 0.05) is 17.1 Å². The minimum Gasteiger partial charge on any atom is -0.289 e. The number of ketones is 2. The summed E-state index contributed by atoms with van der Waals surface area (Å²) in [6.45, 7) is 2.02. The Morgan fingerprint density at radius 3 is 2.20 bits per heavy atom. The van der Waals surface area contributed by atoms with Gasteiger partial charge in [-0.25, -0.2) is 0 Å². The molecule has 0 N–H and O–H groups in total. The summed E-state index contributed by atoms with van der Waals surface area (Å²) >= 11 is 3.18. The second kappa shape index (κ2) is 8.37. The molecule has 126 valence electrons. The fraction of sp³-hybridized carbons (Fsp3) is 0.143. The second-order valence-electron chi connectivity index (χ2n) is 5.66. The molecule has 0 aliphatic carbocycles. The lowest BCUT2D eigenvalue weighted by atomic mass is 10.0. The maximum absolute atomic E-state index is 12.9. The van der Waals surface area contributed by atoms with Gasteiger partial charge < -0.3 is 0 Å². The molecule has 1 heterocycles. The van der Waals surface area contributed by atoms with Crippen molar-refractivity contribution in [3.05, 3.63) is 87.2 Å². The summed E-state index contributed by atoms with van der Waals surface area (Å²) in [4.78, 5) is 25.7. The Morgan fingerprint density at radius 1 is 0.920 bits per heavy atom. The summed E-state index contributed by atoms with van der Waals surface area (Å²) in [6.07, 6.45) is 3.28. The largest absolute Gasteiger partial charge is 0.289 e. The van der Waals surface area contributed by atoms with Crippen molar-refractivity contribution in [1.82, 2.24) is 0 Å². The number of allylic oxidation sites excluding steroid dienone is 2. The zero-order valence-electron chi connectivity index (χ0n) is 13.9. The Bertz CT molecular complexity index is 826. The second-order valence-corrected chi connectivity index (χ2v) is 8.13. The highest BCUT2D eigenvalue weighted by molar-refractivity contribution is 8.25. The van der Waals surface area contributed by atoms with Crippen LogP contribution in [0.15, 0.2) is 70.5 Å². The molecule has 1 aliphatic heterocycles. The molecule has 2 aromatic rings. The van der Waals surface area contributed by atoms with Crippen molar-refractivity contribution in [2.75, 3.05) is 11.5 Å². The number of carbonyl (C=O) groups excluding carboxylic acids is 2. The molecular weight excluding hydrogens is 348 g/mol. The van der Waals surface area contributed by atoms with Crippen LogP contribution in [0.1, 0.15) is 21.5 Å². The highest BCUT2D eigenvalue weighted by Gasteiger charge is 2.25. The highest BCUT2D eigenvalue weighted by Crippen LogP contribution is 2.39. The van der Waals surface area contributed by atoms with Gasteiger partial charge in [0.05, 0.1) is 9.81 Å². The molecule has 0 spiro atoms. The third-order valence-corrected chi connectivity index (χ3v) is 6.48. The van der Waals surface area contributed by atoms with Gasteiger partial charge in [0.1, 0.15) is 0 Å². The number of benzene rings is 2. The first-order chi connectivity index (χ1) is 12.1. The van der Waals surface area contributed by atoms with E-state index in [9.17, 15) is 9.59 Å². The van der Waals surface area contributed by atoms with Gasteiger partial charge in [0.25, 0.3) is 0 Å². The van der Waals surface area contributed by atoms with E-state index in [0.29, 0.717) is 11.1 Å². The molecule has 1 fully saturated rings. The number of rotatable bonds is 5. The Hall–Kier alpha value is -2.04. The monoisotopic (exact) mass is 366 g/mol. The maximum Gasteiger partial charge on any atom is 0.198 e. The van der Waals surface area contributed by atoms with Gasteiger partial charge in [-0.2, -0.15) is 0 Å². The molecule has 0 saturated carbocycles. The normalized spacial score (nSPS) is 14.0. The Labute approximate surface area is 156 Å². The van der Waals surface area contributed by atoms with Crippen LogP contribution in [-0.4, -0.2) is 23.1 Å². The average molecular weight is 367 g/mol. The van der Waals surface area contributed by atoms with Gasteiger partial charge in [-0.1, -0.05) is 66.2 Å². The third-order valence-electron chi connectivity index (χ3n) is 3.77.